The van der Waals surface area contributed by atoms with Crippen molar-refractivity contribution < 1.29 is 4.79 Å². The van der Waals surface area contributed by atoms with E-state index in [1.165, 1.54) is 0 Å². The summed E-state index contributed by atoms with van der Waals surface area (Å²) in [4.78, 5) is 22.7. The third-order valence-electron chi connectivity index (χ3n) is 4.34. The maximum atomic E-state index is 12.3. The summed E-state index contributed by atoms with van der Waals surface area (Å²) in [5, 5.41) is 0.896. The molecule has 0 fully saturated rings. The molecule has 0 spiro atoms. The minimum absolute atomic E-state index is 0.0201. The minimum Gasteiger partial charge on any atom is -0.294 e. The highest BCUT2D eigenvalue weighted by molar-refractivity contribution is 7.18. The number of hydrogen-bond donors (Lipinski definition) is 0. The summed E-state index contributed by atoms with van der Waals surface area (Å²) in [7, 11) is 0. The Morgan fingerprint density at radius 2 is 1.83 bits per heavy atom. The monoisotopic (exact) mass is 334 g/mol. The van der Waals surface area contributed by atoms with Crippen molar-refractivity contribution in [3.63, 3.8) is 0 Å². The molecule has 1 aliphatic carbocycles. The molecule has 0 saturated carbocycles. The van der Waals surface area contributed by atoms with Gasteiger partial charge in [-0.15, -0.1) is 11.3 Å². The van der Waals surface area contributed by atoms with Gasteiger partial charge in [0.1, 0.15) is 5.01 Å². The molecule has 0 aliphatic heterocycles. The Labute approximate surface area is 145 Å². The summed E-state index contributed by atoms with van der Waals surface area (Å²) in [6.07, 6.45) is 3.32. The molecule has 3 nitrogen and oxygen atoms in total. The number of pyridine rings is 1. The number of carbonyl (C=O) groups excluding carboxylic acids is 1. The first-order valence-corrected chi connectivity index (χ1v) is 8.88. The van der Waals surface area contributed by atoms with Crippen molar-refractivity contribution in [3.8, 4) is 21.1 Å². The number of thiazole rings is 1. The zero-order chi connectivity index (χ0) is 16.7. The van der Waals surface area contributed by atoms with Gasteiger partial charge >= 0.3 is 0 Å². The standard InChI is InChI=1S/C20H18N2OS/c1-20(2)10-16-14(17(23)11-20)8-9-15(22-16)19-21-12-18(24-19)13-6-4-3-5-7-13/h3-9,12H,10-11H2,1-2H3. The summed E-state index contributed by atoms with van der Waals surface area (Å²) < 4.78 is 0. The topological polar surface area (TPSA) is 42.9 Å². The van der Waals surface area contributed by atoms with Gasteiger partial charge in [-0.25, -0.2) is 9.97 Å². The SMILES string of the molecule is CC1(C)CC(=O)c2ccc(-c3ncc(-c4ccccc4)s3)nc2C1. The van der Waals surface area contributed by atoms with Gasteiger partial charge in [0, 0.05) is 18.2 Å². The highest BCUT2D eigenvalue weighted by Gasteiger charge is 2.32. The van der Waals surface area contributed by atoms with Crippen LogP contribution in [0.4, 0.5) is 0 Å². The second kappa shape index (κ2) is 5.64. The number of benzene rings is 1. The zero-order valence-electron chi connectivity index (χ0n) is 13.7. The van der Waals surface area contributed by atoms with Gasteiger partial charge in [0.15, 0.2) is 5.78 Å². The Balaban J connectivity index is 1.71. The van der Waals surface area contributed by atoms with Crippen molar-refractivity contribution in [2.75, 3.05) is 0 Å². The van der Waals surface area contributed by atoms with Gasteiger partial charge < -0.3 is 0 Å². The van der Waals surface area contributed by atoms with Gasteiger partial charge in [-0.2, -0.15) is 0 Å². The van der Waals surface area contributed by atoms with E-state index < -0.39 is 0 Å². The predicted octanol–water partition coefficient (Wildman–Crippen LogP) is 5.03. The van der Waals surface area contributed by atoms with Crippen LogP contribution in [0.2, 0.25) is 0 Å². The molecular formula is C20H18N2OS. The Kier molecular flexibility index (Phi) is 3.57. The number of rotatable bonds is 2. The molecule has 4 heteroatoms. The number of aromatic nitrogens is 2. The third-order valence-corrected chi connectivity index (χ3v) is 5.41. The van der Waals surface area contributed by atoms with E-state index >= 15 is 0 Å². The van der Waals surface area contributed by atoms with Crippen LogP contribution in [0.25, 0.3) is 21.1 Å². The molecule has 2 heterocycles. The molecule has 1 aromatic carbocycles. The van der Waals surface area contributed by atoms with E-state index in [9.17, 15) is 4.79 Å². The first-order chi connectivity index (χ1) is 11.5. The van der Waals surface area contributed by atoms with E-state index in [4.69, 9.17) is 4.98 Å². The van der Waals surface area contributed by atoms with Crippen molar-refractivity contribution in [2.24, 2.45) is 5.41 Å². The van der Waals surface area contributed by atoms with E-state index in [1.54, 1.807) is 11.3 Å². The van der Waals surface area contributed by atoms with E-state index in [2.05, 4.69) is 31.0 Å². The average Bonchev–Trinajstić information content (AvgIpc) is 3.04. The number of nitrogens with zero attached hydrogens (tertiary/aromatic N) is 2. The molecule has 2 aromatic heterocycles. The lowest BCUT2D eigenvalue weighted by atomic mass is 9.75. The highest BCUT2D eigenvalue weighted by atomic mass is 32.1. The Morgan fingerprint density at radius 1 is 1.04 bits per heavy atom. The van der Waals surface area contributed by atoms with Crippen LogP contribution in [0.5, 0.6) is 0 Å². The lowest BCUT2D eigenvalue weighted by Crippen LogP contribution is -2.27. The Hall–Kier alpha value is -2.33. The van der Waals surface area contributed by atoms with Gasteiger partial charge in [-0.05, 0) is 29.5 Å². The van der Waals surface area contributed by atoms with Crippen molar-refractivity contribution >= 4 is 17.1 Å². The quantitative estimate of drug-likeness (QED) is 0.660. The second-order valence-corrected chi connectivity index (χ2v) is 8.06. The van der Waals surface area contributed by atoms with Crippen LogP contribution in [-0.4, -0.2) is 15.8 Å². The number of hydrogen-bond acceptors (Lipinski definition) is 4. The fraction of sp³-hybridized carbons (Fsp3) is 0.250. The number of carbonyl (C=O) groups is 1. The maximum absolute atomic E-state index is 12.3. The summed E-state index contributed by atoms with van der Waals surface area (Å²) >= 11 is 1.63. The van der Waals surface area contributed by atoms with Gasteiger partial charge in [-0.1, -0.05) is 44.2 Å². The molecule has 0 bridgehead atoms. The molecule has 0 saturated heterocycles. The first-order valence-electron chi connectivity index (χ1n) is 8.07. The van der Waals surface area contributed by atoms with Gasteiger partial charge in [0.2, 0.25) is 0 Å². The number of ketones is 1. The average molecular weight is 334 g/mol. The second-order valence-electron chi connectivity index (χ2n) is 7.03. The maximum Gasteiger partial charge on any atom is 0.165 e. The third kappa shape index (κ3) is 2.78. The summed E-state index contributed by atoms with van der Waals surface area (Å²) in [6, 6.07) is 14.1. The van der Waals surface area contributed by atoms with E-state index in [1.807, 2.05) is 36.5 Å². The van der Waals surface area contributed by atoms with Crippen LogP contribution in [0.3, 0.4) is 0 Å². The molecule has 4 rings (SSSR count). The Bertz CT molecular complexity index is 912. The summed E-state index contributed by atoms with van der Waals surface area (Å²) in [5.74, 6) is 0.199. The number of fused-ring (bicyclic) bond motifs is 1. The normalized spacial score (nSPS) is 16.0. The molecule has 1 aliphatic rings. The van der Waals surface area contributed by atoms with Crippen LogP contribution in [0, 0.1) is 5.41 Å². The summed E-state index contributed by atoms with van der Waals surface area (Å²) in [5.41, 5.74) is 3.68. The molecule has 0 N–H and O–H groups in total. The van der Waals surface area contributed by atoms with Gasteiger partial charge in [0.25, 0.3) is 0 Å². The molecule has 0 unspecified atom stereocenters. The van der Waals surface area contributed by atoms with Crippen LogP contribution < -0.4 is 0 Å². The van der Waals surface area contributed by atoms with Crippen LogP contribution in [0.15, 0.2) is 48.7 Å². The summed E-state index contributed by atoms with van der Waals surface area (Å²) in [6.45, 7) is 4.25. The number of Topliss-reactive ketones (excluding diaryl/α,β-unsaturated/α-hetero) is 1. The van der Waals surface area contributed by atoms with Crippen LogP contribution in [0.1, 0.15) is 36.3 Å². The van der Waals surface area contributed by atoms with Crippen LogP contribution in [-0.2, 0) is 6.42 Å². The van der Waals surface area contributed by atoms with E-state index in [-0.39, 0.29) is 11.2 Å². The molecule has 120 valence electrons. The lowest BCUT2D eigenvalue weighted by Gasteiger charge is -2.29. The first kappa shape index (κ1) is 15.2. The predicted molar refractivity (Wildman–Crippen MR) is 97.2 cm³/mol. The molecule has 24 heavy (non-hydrogen) atoms. The van der Waals surface area contributed by atoms with Crippen molar-refractivity contribution in [2.45, 2.75) is 26.7 Å². The molecular weight excluding hydrogens is 316 g/mol. The van der Waals surface area contributed by atoms with Crippen molar-refractivity contribution in [1.82, 2.24) is 9.97 Å². The lowest BCUT2D eigenvalue weighted by molar-refractivity contribution is 0.0910. The van der Waals surface area contributed by atoms with E-state index in [0.29, 0.717) is 6.42 Å². The van der Waals surface area contributed by atoms with Gasteiger partial charge in [-0.3, -0.25) is 4.79 Å². The van der Waals surface area contributed by atoms with E-state index in [0.717, 1.165) is 38.8 Å². The van der Waals surface area contributed by atoms with Gasteiger partial charge in [0.05, 0.1) is 16.3 Å². The largest absolute Gasteiger partial charge is 0.294 e. The van der Waals surface area contributed by atoms with Crippen molar-refractivity contribution in [1.29, 1.82) is 0 Å². The molecule has 0 amide bonds. The molecule has 0 radical (unpaired) electrons. The van der Waals surface area contributed by atoms with Crippen LogP contribution >= 0.6 is 11.3 Å². The Morgan fingerprint density at radius 3 is 2.62 bits per heavy atom. The minimum atomic E-state index is -0.0201. The molecule has 3 aromatic rings. The molecule has 0 atom stereocenters. The van der Waals surface area contributed by atoms with Crippen molar-refractivity contribution in [3.05, 3.63) is 59.9 Å². The highest BCUT2D eigenvalue weighted by Crippen LogP contribution is 2.36. The smallest absolute Gasteiger partial charge is 0.165 e. The fourth-order valence-electron chi connectivity index (χ4n) is 3.18. The fourth-order valence-corrected chi connectivity index (χ4v) is 4.07. The zero-order valence-corrected chi connectivity index (χ0v) is 14.6.